The number of rotatable bonds is 9. The van der Waals surface area contributed by atoms with Gasteiger partial charge in [-0.2, -0.15) is 5.26 Å². The molecule has 1 rings (SSSR count). The van der Waals surface area contributed by atoms with Crippen molar-refractivity contribution >= 4 is 22.2 Å². The Balaban J connectivity index is 2.47. The number of carbonyl (C=O) groups excluding carboxylic acids is 1. The Morgan fingerprint density at radius 3 is 2.95 bits per heavy atom. The van der Waals surface area contributed by atoms with Crippen LogP contribution in [0.1, 0.15) is 31.7 Å². The normalized spacial score (nSPS) is 10.5. The summed E-state index contributed by atoms with van der Waals surface area (Å²) in [6.45, 7) is 3.71. The van der Waals surface area contributed by atoms with E-state index in [0.717, 1.165) is 25.8 Å². The molecular formula is C14H21N3O2S. The van der Waals surface area contributed by atoms with E-state index in [1.54, 1.807) is 11.4 Å². The molecule has 0 unspecified atom stereocenters. The minimum Gasteiger partial charge on any atom is -0.395 e. The molecule has 0 radical (unpaired) electrons. The quantitative estimate of drug-likeness (QED) is 0.684. The van der Waals surface area contributed by atoms with Crippen LogP contribution in [0, 0.1) is 11.3 Å². The van der Waals surface area contributed by atoms with E-state index in [4.69, 9.17) is 10.4 Å². The third-order valence-electron chi connectivity index (χ3n) is 2.90. The summed E-state index contributed by atoms with van der Waals surface area (Å²) in [5.41, 5.74) is 0.489. The number of nitriles is 1. The van der Waals surface area contributed by atoms with Crippen LogP contribution in [-0.4, -0.2) is 42.2 Å². The van der Waals surface area contributed by atoms with Crippen LogP contribution >= 0.6 is 11.3 Å². The maximum atomic E-state index is 12.0. The van der Waals surface area contributed by atoms with E-state index in [2.05, 4.69) is 12.2 Å². The smallest absolute Gasteiger partial charge is 0.239 e. The SMILES string of the molecule is CCCCCN(CCO)CC(=O)Nc1sccc1C#N. The summed E-state index contributed by atoms with van der Waals surface area (Å²) in [7, 11) is 0. The molecule has 0 fully saturated rings. The molecule has 0 aromatic carbocycles. The lowest BCUT2D eigenvalue weighted by Gasteiger charge is -2.20. The Kier molecular flexibility index (Phi) is 7.88. The van der Waals surface area contributed by atoms with Gasteiger partial charge in [0.05, 0.1) is 18.7 Å². The highest BCUT2D eigenvalue weighted by Gasteiger charge is 2.12. The van der Waals surface area contributed by atoms with Crippen LogP contribution in [-0.2, 0) is 4.79 Å². The average molecular weight is 295 g/mol. The Labute approximate surface area is 123 Å². The number of carbonyl (C=O) groups is 1. The van der Waals surface area contributed by atoms with E-state index < -0.39 is 0 Å². The topological polar surface area (TPSA) is 76.4 Å². The van der Waals surface area contributed by atoms with Crippen molar-refractivity contribution in [2.24, 2.45) is 0 Å². The van der Waals surface area contributed by atoms with Crippen LogP contribution in [0.3, 0.4) is 0 Å². The highest BCUT2D eigenvalue weighted by atomic mass is 32.1. The summed E-state index contributed by atoms with van der Waals surface area (Å²) in [4.78, 5) is 13.9. The van der Waals surface area contributed by atoms with Gasteiger partial charge >= 0.3 is 0 Å². The van der Waals surface area contributed by atoms with Crippen molar-refractivity contribution in [1.29, 1.82) is 5.26 Å². The zero-order valence-electron chi connectivity index (χ0n) is 11.8. The van der Waals surface area contributed by atoms with Gasteiger partial charge in [-0.15, -0.1) is 11.3 Å². The van der Waals surface area contributed by atoms with Crippen molar-refractivity contribution < 1.29 is 9.90 Å². The largest absolute Gasteiger partial charge is 0.395 e. The van der Waals surface area contributed by atoms with Gasteiger partial charge in [0.15, 0.2) is 0 Å². The first kappa shape index (κ1) is 16.6. The van der Waals surface area contributed by atoms with Crippen molar-refractivity contribution in [3.63, 3.8) is 0 Å². The second-order valence-corrected chi connectivity index (χ2v) is 5.45. The average Bonchev–Trinajstić information content (AvgIpc) is 2.86. The Hall–Kier alpha value is -1.42. The van der Waals surface area contributed by atoms with Gasteiger partial charge in [-0.25, -0.2) is 0 Å². The molecule has 1 heterocycles. The molecule has 1 aromatic heterocycles. The molecule has 0 aliphatic rings. The van der Waals surface area contributed by atoms with Gasteiger partial charge in [-0.1, -0.05) is 19.8 Å². The monoisotopic (exact) mass is 295 g/mol. The molecule has 0 aliphatic heterocycles. The number of amides is 1. The summed E-state index contributed by atoms with van der Waals surface area (Å²) in [5, 5.41) is 23.0. The fraction of sp³-hybridized carbons (Fsp3) is 0.571. The van der Waals surface area contributed by atoms with E-state index in [9.17, 15) is 4.79 Å². The lowest BCUT2D eigenvalue weighted by molar-refractivity contribution is -0.117. The molecule has 1 aromatic rings. The number of aliphatic hydroxyl groups excluding tert-OH is 1. The molecule has 2 N–H and O–H groups in total. The number of nitrogens with zero attached hydrogens (tertiary/aromatic N) is 2. The van der Waals surface area contributed by atoms with Crippen LogP contribution in [0.4, 0.5) is 5.00 Å². The van der Waals surface area contributed by atoms with Crippen molar-refractivity contribution in [3.05, 3.63) is 17.0 Å². The van der Waals surface area contributed by atoms with Crippen molar-refractivity contribution in [2.45, 2.75) is 26.2 Å². The second kappa shape index (κ2) is 9.48. The summed E-state index contributed by atoms with van der Waals surface area (Å²) in [5.74, 6) is -0.145. The van der Waals surface area contributed by atoms with E-state index in [0.29, 0.717) is 17.1 Å². The first-order chi connectivity index (χ1) is 9.71. The number of anilines is 1. The minimum absolute atomic E-state index is 0.0435. The molecule has 1 amide bonds. The van der Waals surface area contributed by atoms with Gasteiger partial charge in [0.25, 0.3) is 0 Å². The first-order valence-corrected chi connectivity index (χ1v) is 7.69. The van der Waals surface area contributed by atoms with Crippen LogP contribution in [0.2, 0.25) is 0 Å². The Morgan fingerprint density at radius 2 is 2.30 bits per heavy atom. The molecule has 0 bridgehead atoms. The predicted molar refractivity (Wildman–Crippen MR) is 80.7 cm³/mol. The predicted octanol–water partition coefficient (Wildman–Crippen LogP) is 2.04. The molecule has 6 heteroatoms. The van der Waals surface area contributed by atoms with Gasteiger partial charge in [0.1, 0.15) is 11.1 Å². The fourth-order valence-corrected chi connectivity index (χ4v) is 2.61. The third-order valence-corrected chi connectivity index (χ3v) is 3.73. The van der Waals surface area contributed by atoms with Crippen molar-refractivity contribution in [2.75, 3.05) is 31.6 Å². The number of hydrogen-bond acceptors (Lipinski definition) is 5. The third kappa shape index (κ3) is 5.70. The zero-order valence-corrected chi connectivity index (χ0v) is 12.6. The summed E-state index contributed by atoms with van der Waals surface area (Å²) >= 11 is 1.34. The van der Waals surface area contributed by atoms with Crippen LogP contribution in [0.5, 0.6) is 0 Å². The second-order valence-electron chi connectivity index (χ2n) is 4.53. The lowest BCUT2D eigenvalue weighted by Crippen LogP contribution is -2.35. The van der Waals surface area contributed by atoms with Crippen LogP contribution in [0.15, 0.2) is 11.4 Å². The maximum absolute atomic E-state index is 12.0. The molecule has 0 spiro atoms. The van der Waals surface area contributed by atoms with Crippen molar-refractivity contribution in [1.82, 2.24) is 4.90 Å². The Bertz CT molecular complexity index is 454. The molecule has 0 saturated heterocycles. The van der Waals surface area contributed by atoms with E-state index in [1.165, 1.54) is 11.3 Å². The molecule has 0 saturated carbocycles. The van der Waals surface area contributed by atoms with Gasteiger partial charge in [-0.3, -0.25) is 9.69 Å². The zero-order chi connectivity index (χ0) is 14.8. The summed E-state index contributed by atoms with van der Waals surface area (Å²) in [6, 6.07) is 3.73. The summed E-state index contributed by atoms with van der Waals surface area (Å²) in [6.07, 6.45) is 3.26. The first-order valence-electron chi connectivity index (χ1n) is 6.82. The van der Waals surface area contributed by atoms with E-state index >= 15 is 0 Å². The molecule has 110 valence electrons. The minimum atomic E-state index is -0.145. The molecule has 0 aliphatic carbocycles. The van der Waals surface area contributed by atoms with Crippen molar-refractivity contribution in [3.8, 4) is 6.07 Å². The highest BCUT2D eigenvalue weighted by molar-refractivity contribution is 7.14. The van der Waals surface area contributed by atoms with Gasteiger partial charge in [0.2, 0.25) is 5.91 Å². The number of aliphatic hydroxyl groups is 1. The fourth-order valence-electron chi connectivity index (χ4n) is 1.86. The van der Waals surface area contributed by atoms with Crippen LogP contribution in [0.25, 0.3) is 0 Å². The van der Waals surface area contributed by atoms with Crippen LogP contribution < -0.4 is 5.32 Å². The molecule has 0 atom stereocenters. The highest BCUT2D eigenvalue weighted by Crippen LogP contribution is 2.21. The standard InChI is InChI=1S/C14H21N3O2S/c1-2-3-4-6-17(7-8-18)11-13(19)16-14-12(10-15)5-9-20-14/h5,9,18H,2-4,6-8,11H2,1H3,(H,16,19). The molecular weight excluding hydrogens is 274 g/mol. The van der Waals surface area contributed by atoms with Gasteiger partial charge in [0, 0.05) is 6.54 Å². The lowest BCUT2D eigenvalue weighted by atomic mass is 10.2. The van der Waals surface area contributed by atoms with E-state index in [-0.39, 0.29) is 19.1 Å². The number of unbranched alkanes of at least 4 members (excludes halogenated alkanes) is 2. The van der Waals surface area contributed by atoms with Gasteiger partial charge in [-0.05, 0) is 24.4 Å². The number of nitrogens with one attached hydrogen (secondary N) is 1. The van der Waals surface area contributed by atoms with E-state index in [1.807, 2.05) is 11.0 Å². The number of hydrogen-bond donors (Lipinski definition) is 2. The summed E-state index contributed by atoms with van der Waals surface area (Å²) < 4.78 is 0. The maximum Gasteiger partial charge on any atom is 0.239 e. The number of thiophene rings is 1. The van der Waals surface area contributed by atoms with Gasteiger partial charge < -0.3 is 10.4 Å². The molecule has 5 nitrogen and oxygen atoms in total. The Morgan fingerprint density at radius 1 is 1.50 bits per heavy atom. The molecule has 20 heavy (non-hydrogen) atoms.